The number of hydrogen-bond donors (Lipinski definition) is 1. The topological polar surface area (TPSA) is 83.9 Å². The Morgan fingerprint density at radius 3 is 2.50 bits per heavy atom. The second-order valence-electron chi connectivity index (χ2n) is 6.94. The third kappa shape index (κ3) is 4.52. The molecule has 0 saturated carbocycles. The molecule has 0 bridgehead atoms. The second kappa shape index (κ2) is 8.33. The van der Waals surface area contributed by atoms with Crippen LogP contribution in [-0.4, -0.2) is 49.6 Å². The Hall–Kier alpha value is -1.70. The molecule has 1 aromatic rings. The molecular weight excluding hydrogens is 354 g/mol. The summed E-state index contributed by atoms with van der Waals surface area (Å²) in [6.45, 7) is 1.49. The van der Waals surface area contributed by atoms with Gasteiger partial charge in [-0.1, -0.05) is 12.2 Å². The van der Waals surface area contributed by atoms with Crippen molar-refractivity contribution in [3.8, 4) is 0 Å². The van der Waals surface area contributed by atoms with E-state index in [9.17, 15) is 13.2 Å². The Morgan fingerprint density at radius 2 is 1.92 bits per heavy atom. The Kier molecular flexibility index (Phi) is 6.11. The van der Waals surface area contributed by atoms with E-state index in [1.165, 1.54) is 28.6 Å². The van der Waals surface area contributed by atoms with Crippen LogP contribution in [0.4, 0.5) is 0 Å². The van der Waals surface area contributed by atoms with Crippen LogP contribution in [0.1, 0.15) is 42.5 Å². The SMILES string of the molecule is O=C(O)c1ccc(S(=O)(=O)N(C[C@@H]2CC=CCC2)C[C@H]2CCCO2)cc1. The summed E-state index contributed by atoms with van der Waals surface area (Å²) in [5.41, 5.74) is 0.0760. The van der Waals surface area contributed by atoms with E-state index in [1.807, 2.05) is 0 Å². The van der Waals surface area contributed by atoms with E-state index in [4.69, 9.17) is 9.84 Å². The predicted molar refractivity (Wildman–Crippen MR) is 97.6 cm³/mol. The molecule has 1 aliphatic carbocycles. The number of nitrogens with zero attached hydrogens (tertiary/aromatic N) is 1. The van der Waals surface area contributed by atoms with Crippen LogP contribution < -0.4 is 0 Å². The van der Waals surface area contributed by atoms with Crippen molar-refractivity contribution in [2.45, 2.75) is 43.1 Å². The molecule has 0 spiro atoms. The maximum Gasteiger partial charge on any atom is 0.335 e. The Labute approximate surface area is 154 Å². The van der Waals surface area contributed by atoms with Gasteiger partial charge in [0.1, 0.15) is 0 Å². The van der Waals surface area contributed by atoms with Crippen molar-refractivity contribution in [3.63, 3.8) is 0 Å². The lowest BCUT2D eigenvalue weighted by atomic mass is 9.94. The molecular formula is C19H25NO5S. The summed E-state index contributed by atoms with van der Waals surface area (Å²) in [7, 11) is -3.69. The summed E-state index contributed by atoms with van der Waals surface area (Å²) in [5.74, 6) is -0.770. The van der Waals surface area contributed by atoms with E-state index < -0.39 is 16.0 Å². The van der Waals surface area contributed by atoms with Crippen LogP contribution in [0.3, 0.4) is 0 Å². The molecule has 1 fully saturated rings. The zero-order valence-corrected chi connectivity index (χ0v) is 15.5. The van der Waals surface area contributed by atoms with Gasteiger partial charge in [-0.3, -0.25) is 0 Å². The highest BCUT2D eigenvalue weighted by atomic mass is 32.2. The second-order valence-corrected chi connectivity index (χ2v) is 8.87. The standard InChI is InChI=1S/C19H25NO5S/c21-19(22)16-8-10-18(11-9-16)26(23,24)20(14-17-7-4-12-25-17)13-15-5-2-1-3-6-15/h1-2,8-11,15,17H,3-7,12-14H2,(H,21,22)/t15-,17-/m1/s1. The number of allylic oxidation sites excluding steroid dienone is 2. The maximum atomic E-state index is 13.2. The van der Waals surface area contributed by atoms with Gasteiger partial charge in [-0.25, -0.2) is 13.2 Å². The van der Waals surface area contributed by atoms with Crippen molar-refractivity contribution in [1.82, 2.24) is 4.31 Å². The summed E-state index contributed by atoms with van der Waals surface area (Å²) >= 11 is 0. The third-order valence-corrected chi connectivity index (χ3v) is 6.86. The first-order valence-corrected chi connectivity index (χ1v) is 10.5. The lowest BCUT2D eigenvalue weighted by Crippen LogP contribution is -2.40. The van der Waals surface area contributed by atoms with E-state index in [0.717, 1.165) is 32.1 Å². The Balaban J connectivity index is 1.82. The van der Waals surface area contributed by atoms with Crippen molar-refractivity contribution in [3.05, 3.63) is 42.0 Å². The number of aromatic carboxylic acids is 1. The largest absolute Gasteiger partial charge is 0.478 e. The van der Waals surface area contributed by atoms with Crippen molar-refractivity contribution >= 4 is 16.0 Å². The lowest BCUT2D eigenvalue weighted by Gasteiger charge is -2.29. The zero-order valence-electron chi connectivity index (χ0n) is 14.7. The summed E-state index contributed by atoms with van der Waals surface area (Å²) < 4.78 is 33.5. The Morgan fingerprint density at radius 1 is 1.15 bits per heavy atom. The molecule has 1 heterocycles. The first kappa shape index (κ1) is 19.1. The minimum atomic E-state index is -3.69. The molecule has 1 aliphatic heterocycles. The average molecular weight is 379 g/mol. The summed E-state index contributed by atoms with van der Waals surface area (Å²) in [6.07, 6.45) is 8.86. The molecule has 0 unspecified atom stereocenters. The quantitative estimate of drug-likeness (QED) is 0.737. The number of ether oxygens (including phenoxy) is 1. The van der Waals surface area contributed by atoms with Crippen LogP contribution in [0.25, 0.3) is 0 Å². The van der Waals surface area contributed by atoms with E-state index in [1.54, 1.807) is 0 Å². The van der Waals surface area contributed by atoms with Crippen LogP contribution in [0, 0.1) is 5.92 Å². The third-order valence-electron chi connectivity index (χ3n) is 5.01. The fourth-order valence-electron chi connectivity index (χ4n) is 3.51. The lowest BCUT2D eigenvalue weighted by molar-refractivity contribution is 0.0696. The van der Waals surface area contributed by atoms with Gasteiger partial charge >= 0.3 is 5.97 Å². The molecule has 26 heavy (non-hydrogen) atoms. The van der Waals surface area contributed by atoms with E-state index >= 15 is 0 Å². The Bertz CT molecular complexity index is 751. The molecule has 2 atom stereocenters. The highest BCUT2D eigenvalue weighted by Crippen LogP contribution is 2.25. The molecule has 1 N–H and O–H groups in total. The molecule has 1 aromatic carbocycles. The van der Waals surface area contributed by atoms with Gasteiger partial charge in [-0.05, 0) is 62.3 Å². The normalized spacial score (nSPS) is 23.4. The fourth-order valence-corrected chi connectivity index (χ4v) is 5.06. The average Bonchev–Trinajstić information content (AvgIpc) is 3.15. The first-order chi connectivity index (χ1) is 12.5. The van der Waals surface area contributed by atoms with Gasteiger partial charge in [0.2, 0.25) is 10.0 Å². The fraction of sp³-hybridized carbons (Fsp3) is 0.526. The van der Waals surface area contributed by atoms with Gasteiger partial charge in [-0.2, -0.15) is 4.31 Å². The number of benzene rings is 1. The molecule has 7 heteroatoms. The van der Waals surface area contributed by atoms with Crippen LogP contribution in [0.15, 0.2) is 41.3 Å². The van der Waals surface area contributed by atoms with Gasteiger partial charge in [-0.15, -0.1) is 0 Å². The number of hydrogen-bond acceptors (Lipinski definition) is 4. The summed E-state index contributed by atoms with van der Waals surface area (Å²) in [4.78, 5) is 11.1. The predicted octanol–water partition coefficient (Wildman–Crippen LogP) is 2.91. The monoisotopic (exact) mass is 379 g/mol. The molecule has 2 aliphatic rings. The van der Waals surface area contributed by atoms with E-state index in [2.05, 4.69) is 12.2 Å². The number of sulfonamides is 1. The van der Waals surface area contributed by atoms with E-state index in [-0.39, 0.29) is 16.6 Å². The van der Waals surface area contributed by atoms with Gasteiger partial charge in [0.05, 0.1) is 16.6 Å². The molecule has 0 amide bonds. The van der Waals surface area contributed by atoms with Gasteiger partial charge < -0.3 is 9.84 Å². The maximum absolute atomic E-state index is 13.2. The molecule has 1 saturated heterocycles. The van der Waals surface area contributed by atoms with Crippen LogP contribution in [0.5, 0.6) is 0 Å². The van der Waals surface area contributed by atoms with Crippen LogP contribution in [-0.2, 0) is 14.8 Å². The number of carboxylic acid groups (broad SMARTS) is 1. The number of carbonyl (C=O) groups is 1. The van der Waals surface area contributed by atoms with Crippen molar-refractivity contribution in [1.29, 1.82) is 0 Å². The zero-order chi connectivity index (χ0) is 18.6. The van der Waals surface area contributed by atoms with Crippen molar-refractivity contribution < 1.29 is 23.1 Å². The number of rotatable bonds is 7. The smallest absolute Gasteiger partial charge is 0.335 e. The highest BCUT2D eigenvalue weighted by molar-refractivity contribution is 7.89. The molecule has 142 valence electrons. The van der Waals surface area contributed by atoms with Gasteiger partial charge in [0, 0.05) is 19.7 Å². The first-order valence-electron chi connectivity index (χ1n) is 9.07. The minimum absolute atomic E-state index is 0.0674. The van der Waals surface area contributed by atoms with Gasteiger partial charge in [0.25, 0.3) is 0 Å². The number of carboxylic acids is 1. The molecule has 0 aromatic heterocycles. The van der Waals surface area contributed by atoms with E-state index in [0.29, 0.717) is 25.6 Å². The minimum Gasteiger partial charge on any atom is -0.478 e. The van der Waals surface area contributed by atoms with Crippen molar-refractivity contribution in [2.24, 2.45) is 5.92 Å². The highest BCUT2D eigenvalue weighted by Gasteiger charge is 2.31. The van der Waals surface area contributed by atoms with Crippen LogP contribution >= 0.6 is 0 Å². The summed E-state index contributed by atoms with van der Waals surface area (Å²) in [6, 6.07) is 5.43. The van der Waals surface area contributed by atoms with Crippen molar-refractivity contribution in [2.75, 3.05) is 19.7 Å². The van der Waals surface area contributed by atoms with Crippen LogP contribution in [0.2, 0.25) is 0 Å². The molecule has 3 rings (SSSR count). The molecule has 6 nitrogen and oxygen atoms in total. The summed E-state index contributed by atoms with van der Waals surface area (Å²) in [5, 5.41) is 9.01. The molecule has 0 radical (unpaired) electrons. The van der Waals surface area contributed by atoms with Gasteiger partial charge in [0.15, 0.2) is 0 Å².